The lowest BCUT2D eigenvalue weighted by atomic mass is 10.1. The van der Waals surface area contributed by atoms with E-state index in [-0.39, 0.29) is 6.61 Å². The minimum atomic E-state index is -1.25. The molecule has 1 N–H and O–H groups in total. The van der Waals surface area contributed by atoms with Crippen LogP contribution < -0.4 is 4.74 Å². The number of benzene rings is 2. The van der Waals surface area contributed by atoms with Gasteiger partial charge in [0.2, 0.25) is 0 Å². The molecule has 0 aliphatic carbocycles. The quantitative estimate of drug-likeness (QED) is 0.797. The third-order valence-corrected chi connectivity index (χ3v) is 4.56. The zero-order valence-electron chi connectivity index (χ0n) is 15.6. The summed E-state index contributed by atoms with van der Waals surface area (Å²) < 4.78 is 15.8. The number of carbonyl (C=O) groups excluding carboxylic acids is 2. The number of esters is 1. The van der Waals surface area contributed by atoms with Crippen LogP contribution in [-0.2, 0) is 16.1 Å². The lowest BCUT2D eigenvalue weighted by molar-refractivity contribution is -0.105. The van der Waals surface area contributed by atoms with Crippen LogP contribution in [0.3, 0.4) is 0 Å². The van der Waals surface area contributed by atoms with Crippen molar-refractivity contribution in [2.24, 2.45) is 0 Å². The van der Waals surface area contributed by atoms with E-state index in [1.807, 2.05) is 30.3 Å². The number of hydrogen-bond acceptors (Lipinski definition) is 6. The molecule has 0 saturated carbocycles. The van der Waals surface area contributed by atoms with Crippen LogP contribution in [0.25, 0.3) is 0 Å². The van der Waals surface area contributed by atoms with Crippen LogP contribution in [0.5, 0.6) is 5.75 Å². The van der Waals surface area contributed by atoms with E-state index in [0.29, 0.717) is 30.7 Å². The first-order valence-electron chi connectivity index (χ1n) is 9.09. The number of aliphatic hydroxyl groups is 1. The molecule has 1 amide bonds. The molecule has 28 heavy (non-hydrogen) atoms. The van der Waals surface area contributed by atoms with Gasteiger partial charge in [0.25, 0.3) is 0 Å². The number of nitrogens with zero attached hydrogens (tertiary/aromatic N) is 1. The molecule has 1 aliphatic rings. The molecular weight excluding hydrogens is 362 g/mol. The second-order valence-electron chi connectivity index (χ2n) is 6.46. The van der Waals surface area contributed by atoms with Crippen LogP contribution in [0, 0.1) is 0 Å². The summed E-state index contributed by atoms with van der Waals surface area (Å²) in [6, 6.07) is 15.8. The highest BCUT2D eigenvalue weighted by atomic mass is 16.6. The first-order chi connectivity index (χ1) is 13.6. The van der Waals surface area contributed by atoms with Crippen molar-refractivity contribution >= 4 is 12.1 Å². The van der Waals surface area contributed by atoms with Gasteiger partial charge in [0.15, 0.2) is 6.23 Å². The third kappa shape index (κ3) is 4.80. The maximum Gasteiger partial charge on any atom is 0.412 e. The largest absolute Gasteiger partial charge is 0.497 e. The van der Waals surface area contributed by atoms with Crippen molar-refractivity contribution in [3.05, 3.63) is 65.7 Å². The fourth-order valence-electron chi connectivity index (χ4n) is 3.00. The van der Waals surface area contributed by atoms with Gasteiger partial charge >= 0.3 is 12.1 Å². The summed E-state index contributed by atoms with van der Waals surface area (Å²) >= 11 is 0. The van der Waals surface area contributed by atoms with Gasteiger partial charge in [0.05, 0.1) is 12.7 Å². The molecule has 0 unspecified atom stereocenters. The normalized spacial score (nSPS) is 19.0. The summed E-state index contributed by atoms with van der Waals surface area (Å²) in [5.74, 6) is 0.0628. The molecule has 148 valence electrons. The van der Waals surface area contributed by atoms with Gasteiger partial charge in [-0.05, 0) is 42.7 Å². The number of hydrogen-bond donors (Lipinski definition) is 1. The molecule has 0 aromatic heterocycles. The number of ether oxygens (including phenoxy) is 3. The predicted molar refractivity (Wildman–Crippen MR) is 101 cm³/mol. The predicted octanol–water partition coefficient (Wildman–Crippen LogP) is 2.97. The summed E-state index contributed by atoms with van der Waals surface area (Å²) in [4.78, 5) is 25.9. The Labute approximate surface area is 163 Å². The van der Waals surface area contributed by atoms with Crippen LogP contribution in [0.2, 0.25) is 0 Å². The van der Waals surface area contributed by atoms with E-state index in [4.69, 9.17) is 14.2 Å². The van der Waals surface area contributed by atoms with Crippen molar-refractivity contribution in [2.75, 3.05) is 13.7 Å². The number of aliphatic hydroxyl groups excluding tert-OH is 1. The summed E-state index contributed by atoms with van der Waals surface area (Å²) in [5, 5.41) is 10.5. The SMILES string of the molecule is COc1ccc(C(=O)O[C@@H]2CCCN(C(=O)OCc3ccccc3)[C@H]2O)cc1. The Hall–Kier alpha value is -3.06. The second kappa shape index (κ2) is 9.23. The number of rotatable bonds is 5. The smallest absolute Gasteiger partial charge is 0.412 e. The van der Waals surface area contributed by atoms with Crippen LogP contribution in [0.15, 0.2) is 54.6 Å². The molecule has 2 aromatic carbocycles. The summed E-state index contributed by atoms with van der Waals surface area (Å²) in [6.07, 6.45) is -1.64. The van der Waals surface area contributed by atoms with Crippen molar-refractivity contribution in [3.8, 4) is 5.75 Å². The Morgan fingerprint density at radius 1 is 1.11 bits per heavy atom. The average molecular weight is 385 g/mol. The molecule has 1 saturated heterocycles. The Morgan fingerprint density at radius 3 is 2.50 bits per heavy atom. The Balaban J connectivity index is 1.57. The zero-order valence-corrected chi connectivity index (χ0v) is 15.6. The Morgan fingerprint density at radius 2 is 1.82 bits per heavy atom. The van der Waals surface area contributed by atoms with Gasteiger partial charge in [-0.1, -0.05) is 30.3 Å². The van der Waals surface area contributed by atoms with E-state index < -0.39 is 24.4 Å². The molecule has 1 heterocycles. The average Bonchev–Trinajstić information content (AvgIpc) is 2.74. The maximum absolute atomic E-state index is 12.3. The Bertz CT molecular complexity index is 792. The third-order valence-electron chi connectivity index (χ3n) is 4.56. The minimum Gasteiger partial charge on any atom is -0.497 e. The minimum absolute atomic E-state index is 0.110. The number of piperidine rings is 1. The second-order valence-corrected chi connectivity index (χ2v) is 6.46. The fraction of sp³-hybridized carbons (Fsp3) is 0.333. The van der Waals surface area contributed by atoms with Crippen molar-refractivity contribution in [1.82, 2.24) is 4.90 Å². The highest BCUT2D eigenvalue weighted by Crippen LogP contribution is 2.22. The molecule has 2 atom stereocenters. The summed E-state index contributed by atoms with van der Waals surface area (Å²) in [5.41, 5.74) is 1.20. The topological polar surface area (TPSA) is 85.3 Å². The molecule has 7 heteroatoms. The van der Waals surface area contributed by atoms with Gasteiger partial charge in [0, 0.05) is 6.54 Å². The fourth-order valence-corrected chi connectivity index (χ4v) is 3.00. The molecular formula is C21H23NO6. The van der Waals surface area contributed by atoms with Gasteiger partial charge < -0.3 is 19.3 Å². The van der Waals surface area contributed by atoms with Crippen LogP contribution in [-0.4, -0.2) is 48.1 Å². The van der Waals surface area contributed by atoms with Gasteiger partial charge in [-0.3, -0.25) is 4.90 Å². The first kappa shape index (κ1) is 19.7. The Kier molecular flexibility index (Phi) is 6.49. The van der Waals surface area contributed by atoms with E-state index in [1.54, 1.807) is 24.3 Å². The maximum atomic E-state index is 12.3. The van der Waals surface area contributed by atoms with Crippen molar-refractivity contribution < 1.29 is 28.9 Å². The molecule has 0 spiro atoms. The lowest BCUT2D eigenvalue weighted by Crippen LogP contribution is -2.52. The van der Waals surface area contributed by atoms with E-state index >= 15 is 0 Å². The standard InChI is InChI=1S/C21H23NO6/c1-26-17-11-9-16(10-12-17)20(24)28-18-8-5-13-22(19(18)23)21(25)27-14-15-6-3-2-4-7-15/h2-4,6-7,9-12,18-19,23H,5,8,13-14H2,1H3/t18-,19+/m1/s1. The zero-order chi connectivity index (χ0) is 19.9. The van der Waals surface area contributed by atoms with Crippen LogP contribution in [0.1, 0.15) is 28.8 Å². The number of methoxy groups -OCH3 is 1. The molecule has 7 nitrogen and oxygen atoms in total. The van der Waals surface area contributed by atoms with Gasteiger partial charge in [-0.15, -0.1) is 0 Å². The van der Waals surface area contributed by atoms with E-state index in [2.05, 4.69) is 0 Å². The monoisotopic (exact) mass is 385 g/mol. The van der Waals surface area contributed by atoms with Gasteiger partial charge in [-0.25, -0.2) is 9.59 Å². The van der Waals surface area contributed by atoms with Crippen molar-refractivity contribution in [3.63, 3.8) is 0 Å². The van der Waals surface area contributed by atoms with E-state index in [1.165, 1.54) is 12.0 Å². The molecule has 3 rings (SSSR count). The molecule has 1 fully saturated rings. The number of carbonyl (C=O) groups is 2. The van der Waals surface area contributed by atoms with Crippen LogP contribution >= 0.6 is 0 Å². The molecule has 1 aliphatic heterocycles. The first-order valence-corrected chi connectivity index (χ1v) is 9.09. The molecule has 0 radical (unpaired) electrons. The van der Waals surface area contributed by atoms with Crippen LogP contribution in [0.4, 0.5) is 4.79 Å². The van der Waals surface area contributed by atoms with Gasteiger partial charge in [-0.2, -0.15) is 0 Å². The molecule has 2 aromatic rings. The van der Waals surface area contributed by atoms with E-state index in [0.717, 1.165) is 5.56 Å². The highest BCUT2D eigenvalue weighted by Gasteiger charge is 2.36. The van der Waals surface area contributed by atoms with Crippen molar-refractivity contribution in [2.45, 2.75) is 31.8 Å². The highest BCUT2D eigenvalue weighted by molar-refractivity contribution is 5.89. The molecule has 0 bridgehead atoms. The van der Waals surface area contributed by atoms with Crippen molar-refractivity contribution in [1.29, 1.82) is 0 Å². The summed E-state index contributed by atoms with van der Waals surface area (Å²) in [6.45, 7) is 0.449. The lowest BCUT2D eigenvalue weighted by Gasteiger charge is -2.36. The van der Waals surface area contributed by atoms with E-state index in [9.17, 15) is 14.7 Å². The number of likely N-dealkylation sites (tertiary alicyclic amines) is 1. The van der Waals surface area contributed by atoms with Gasteiger partial charge in [0.1, 0.15) is 18.5 Å². The summed E-state index contributed by atoms with van der Waals surface area (Å²) in [7, 11) is 1.54. The number of amides is 1.